The first-order valence-corrected chi connectivity index (χ1v) is 18.4. The summed E-state index contributed by atoms with van der Waals surface area (Å²) < 4.78 is 2.42. The van der Waals surface area contributed by atoms with Gasteiger partial charge in [-0.15, -0.1) is 0 Å². The zero-order valence-corrected chi connectivity index (χ0v) is 29.7. The smallest absolute Gasteiger partial charge is 0.134 e. The molecule has 0 saturated heterocycles. The molecule has 1 aromatic heterocycles. The predicted octanol–water partition coefficient (Wildman–Crippen LogP) is 12.0. The summed E-state index contributed by atoms with van der Waals surface area (Å²) in [4.78, 5) is 7.62. The Morgan fingerprint density at radius 1 is 0.528 bits per heavy atom. The summed E-state index contributed by atoms with van der Waals surface area (Å²) in [6.45, 7) is 4.72. The van der Waals surface area contributed by atoms with E-state index in [1.807, 2.05) is 6.07 Å². The standard InChI is InChI=1S/C49H38N4/c1-49(2)40-23-13-15-25-45(40)53(47-30-39-38-22-12-14-24-44(38)52(46(39)31-41(47)49)36-20-10-5-11-21-36)37-28-26-35(27-29-37)48-50-42(33-16-6-3-7-17-33)32-43(51-48)34-18-8-4-9-19-34/h3-32,42H,1-2H3,(H,50,51). The topological polar surface area (TPSA) is 32.6 Å². The van der Waals surface area contributed by atoms with Gasteiger partial charge in [0.15, 0.2) is 0 Å². The van der Waals surface area contributed by atoms with E-state index in [0.29, 0.717) is 0 Å². The van der Waals surface area contributed by atoms with Crippen LogP contribution in [0.1, 0.15) is 47.7 Å². The third kappa shape index (κ3) is 5.09. The van der Waals surface area contributed by atoms with Crippen LogP contribution in [-0.4, -0.2) is 10.4 Å². The lowest BCUT2D eigenvalue weighted by Crippen LogP contribution is -2.31. The van der Waals surface area contributed by atoms with Crippen LogP contribution in [0.3, 0.4) is 0 Å². The fraction of sp³-hybridized carbons (Fsp3) is 0.0816. The molecule has 0 bridgehead atoms. The Bertz CT molecular complexity index is 2700. The van der Waals surface area contributed by atoms with Crippen molar-refractivity contribution in [1.82, 2.24) is 9.88 Å². The molecule has 4 heteroatoms. The third-order valence-corrected chi connectivity index (χ3v) is 11.0. The van der Waals surface area contributed by atoms with Gasteiger partial charge in [-0.3, -0.25) is 0 Å². The maximum atomic E-state index is 5.17. The SMILES string of the molecule is CC1(C)c2ccccc2N(c2ccc(C3=NC(c4ccccc4)=CC(c4ccccc4)N3)cc2)c2cc3c4ccccc4n(-c4ccccc4)c3cc21. The number of nitrogens with one attached hydrogen (secondary N) is 1. The van der Waals surface area contributed by atoms with E-state index >= 15 is 0 Å². The molecule has 0 fully saturated rings. The molecule has 0 aliphatic carbocycles. The fourth-order valence-corrected chi connectivity index (χ4v) is 8.36. The van der Waals surface area contributed by atoms with Crippen molar-refractivity contribution in [2.45, 2.75) is 25.3 Å². The van der Waals surface area contributed by atoms with Gasteiger partial charge in [0.1, 0.15) is 5.84 Å². The monoisotopic (exact) mass is 682 g/mol. The number of amidine groups is 1. The number of nitrogens with zero attached hydrogens (tertiary/aromatic N) is 3. The summed E-state index contributed by atoms with van der Waals surface area (Å²) in [6, 6.07) is 63.2. The molecule has 0 spiro atoms. The molecule has 1 unspecified atom stereocenters. The number of hydrogen-bond acceptors (Lipinski definition) is 3. The van der Waals surface area contributed by atoms with E-state index in [2.05, 4.69) is 205 Å². The number of aromatic nitrogens is 1. The Kier molecular flexibility index (Phi) is 7.19. The highest BCUT2D eigenvalue weighted by Crippen LogP contribution is 2.53. The minimum absolute atomic E-state index is 0.00193. The molecule has 0 saturated carbocycles. The summed E-state index contributed by atoms with van der Waals surface area (Å²) in [7, 11) is 0. The van der Waals surface area contributed by atoms with Crippen LogP contribution < -0.4 is 10.2 Å². The number of fused-ring (bicyclic) bond motifs is 5. The van der Waals surface area contributed by atoms with Crippen LogP contribution in [0.25, 0.3) is 33.2 Å². The summed E-state index contributed by atoms with van der Waals surface area (Å²) >= 11 is 0. The highest BCUT2D eigenvalue weighted by Gasteiger charge is 2.38. The second-order valence-corrected chi connectivity index (χ2v) is 14.5. The van der Waals surface area contributed by atoms with Crippen molar-refractivity contribution < 1.29 is 0 Å². The average molecular weight is 683 g/mol. The van der Waals surface area contributed by atoms with E-state index in [0.717, 1.165) is 28.3 Å². The van der Waals surface area contributed by atoms with E-state index < -0.39 is 0 Å². The molecule has 0 amide bonds. The van der Waals surface area contributed by atoms with Crippen molar-refractivity contribution >= 4 is 50.4 Å². The van der Waals surface area contributed by atoms with Crippen LogP contribution in [0.4, 0.5) is 17.1 Å². The molecule has 0 radical (unpaired) electrons. The lowest BCUT2D eigenvalue weighted by molar-refractivity contribution is 0.632. The van der Waals surface area contributed by atoms with E-state index in [4.69, 9.17) is 4.99 Å². The molecular formula is C49H38N4. The van der Waals surface area contributed by atoms with Crippen molar-refractivity contribution in [2.75, 3.05) is 4.90 Å². The zero-order valence-electron chi connectivity index (χ0n) is 29.7. The molecule has 10 rings (SSSR count). The van der Waals surface area contributed by atoms with Crippen LogP contribution in [0.15, 0.2) is 187 Å². The van der Waals surface area contributed by atoms with Gasteiger partial charge >= 0.3 is 0 Å². The van der Waals surface area contributed by atoms with Crippen molar-refractivity contribution in [2.24, 2.45) is 4.99 Å². The second-order valence-electron chi connectivity index (χ2n) is 14.5. The molecule has 53 heavy (non-hydrogen) atoms. The number of para-hydroxylation sites is 3. The van der Waals surface area contributed by atoms with E-state index in [1.54, 1.807) is 0 Å². The van der Waals surface area contributed by atoms with Crippen LogP contribution >= 0.6 is 0 Å². The first kappa shape index (κ1) is 31.1. The van der Waals surface area contributed by atoms with Gasteiger partial charge < -0.3 is 14.8 Å². The normalized spacial score (nSPS) is 16.0. The number of benzene rings is 7. The number of rotatable bonds is 5. The van der Waals surface area contributed by atoms with E-state index in [9.17, 15) is 0 Å². The van der Waals surface area contributed by atoms with Gasteiger partial charge in [0, 0.05) is 33.1 Å². The minimum atomic E-state index is -0.220. The van der Waals surface area contributed by atoms with Gasteiger partial charge in [0.25, 0.3) is 0 Å². The Labute approximate surface area is 310 Å². The lowest BCUT2D eigenvalue weighted by atomic mass is 9.73. The Balaban J connectivity index is 1.12. The molecule has 7 aromatic carbocycles. The summed E-state index contributed by atoms with van der Waals surface area (Å²) in [6.07, 6.45) is 2.22. The fourth-order valence-electron chi connectivity index (χ4n) is 8.36. The highest BCUT2D eigenvalue weighted by molar-refractivity contribution is 6.12. The van der Waals surface area contributed by atoms with E-state index in [1.165, 1.54) is 55.6 Å². The number of hydrogen-bond donors (Lipinski definition) is 1. The van der Waals surface area contributed by atoms with Crippen molar-refractivity contribution in [3.05, 3.63) is 210 Å². The number of anilines is 3. The Hall–Kier alpha value is -6.65. The van der Waals surface area contributed by atoms with Crippen molar-refractivity contribution in [3.63, 3.8) is 0 Å². The largest absolute Gasteiger partial charge is 0.359 e. The first-order chi connectivity index (χ1) is 26.0. The Morgan fingerprint density at radius 3 is 1.96 bits per heavy atom. The molecule has 1 atom stereocenters. The van der Waals surface area contributed by atoms with Gasteiger partial charge in [-0.25, -0.2) is 4.99 Å². The van der Waals surface area contributed by atoms with E-state index in [-0.39, 0.29) is 11.5 Å². The van der Waals surface area contributed by atoms with Gasteiger partial charge in [-0.1, -0.05) is 129 Å². The summed E-state index contributed by atoms with van der Waals surface area (Å²) in [5, 5.41) is 6.23. The Morgan fingerprint density at radius 2 is 1.19 bits per heavy atom. The highest BCUT2D eigenvalue weighted by atomic mass is 15.2. The molecule has 254 valence electrons. The van der Waals surface area contributed by atoms with Crippen LogP contribution in [0, 0.1) is 0 Å². The first-order valence-electron chi connectivity index (χ1n) is 18.4. The van der Waals surface area contributed by atoms with Crippen LogP contribution in [-0.2, 0) is 5.41 Å². The average Bonchev–Trinajstić information content (AvgIpc) is 3.55. The quantitative estimate of drug-likeness (QED) is 0.196. The van der Waals surface area contributed by atoms with Gasteiger partial charge in [0.05, 0.1) is 34.1 Å². The van der Waals surface area contributed by atoms with Crippen molar-refractivity contribution in [3.8, 4) is 5.69 Å². The second kappa shape index (κ2) is 12.2. The van der Waals surface area contributed by atoms with Gasteiger partial charge in [-0.2, -0.15) is 0 Å². The molecular weight excluding hydrogens is 645 g/mol. The molecule has 8 aromatic rings. The van der Waals surface area contributed by atoms with Gasteiger partial charge in [0.2, 0.25) is 0 Å². The third-order valence-electron chi connectivity index (χ3n) is 11.0. The molecule has 3 heterocycles. The lowest BCUT2D eigenvalue weighted by Gasteiger charge is -2.42. The number of aliphatic imine (C=N–C) groups is 1. The maximum Gasteiger partial charge on any atom is 0.134 e. The maximum absolute atomic E-state index is 5.17. The molecule has 4 nitrogen and oxygen atoms in total. The molecule has 2 aliphatic rings. The zero-order chi connectivity index (χ0) is 35.5. The van der Waals surface area contributed by atoms with Crippen LogP contribution in [0.2, 0.25) is 0 Å². The summed E-state index contributed by atoms with van der Waals surface area (Å²) in [5.41, 5.74) is 13.8. The van der Waals surface area contributed by atoms with Crippen LogP contribution in [0.5, 0.6) is 0 Å². The predicted molar refractivity (Wildman–Crippen MR) is 221 cm³/mol. The summed E-state index contributed by atoms with van der Waals surface area (Å²) in [5.74, 6) is 0.864. The molecule has 2 aliphatic heterocycles. The van der Waals surface area contributed by atoms with Crippen molar-refractivity contribution in [1.29, 1.82) is 0 Å². The van der Waals surface area contributed by atoms with Gasteiger partial charge in [-0.05, 0) is 89.0 Å². The minimum Gasteiger partial charge on any atom is -0.359 e. The molecule has 1 N–H and O–H groups in total.